The van der Waals surface area contributed by atoms with Gasteiger partial charge in [0, 0.05) is 12.6 Å². The number of methoxy groups -OCH3 is 1. The molecule has 0 radical (unpaired) electrons. The first kappa shape index (κ1) is 22.0. The van der Waals surface area contributed by atoms with Crippen LogP contribution in [0.4, 0.5) is 0 Å². The molecule has 0 bridgehead atoms. The molecule has 1 N–H and O–H groups in total. The molecule has 0 aliphatic carbocycles. The number of amides is 1. The molecule has 3 rings (SSSR count). The predicted octanol–water partition coefficient (Wildman–Crippen LogP) is 4.48. The molecule has 2 aromatic carbocycles. The number of carbonyl (C=O) groups excluding carboxylic acids is 2. The van der Waals surface area contributed by atoms with E-state index in [-0.39, 0.29) is 11.9 Å². The number of ether oxygens (including phenoxy) is 1. The van der Waals surface area contributed by atoms with E-state index < -0.39 is 5.97 Å². The second kappa shape index (κ2) is 9.88. The van der Waals surface area contributed by atoms with Crippen LogP contribution < -0.4 is 5.32 Å². The zero-order chi connectivity index (χ0) is 22.4. The number of nitrogens with one attached hydrogen (secondary N) is 1. The normalized spacial score (nSPS) is 11.3. The Kier molecular flexibility index (Phi) is 7.01. The van der Waals surface area contributed by atoms with Gasteiger partial charge in [-0.25, -0.2) is 4.79 Å². The summed E-state index contributed by atoms with van der Waals surface area (Å²) in [6.07, 6.45) is 1.88. The van der Waals surface area contributed by atoms with Crippen LogP contribution in [0.3, 0.4) is 0 Å². The van der Waals surface area contributed by atoms with E-state index in [4.69, 9.17) is 21.6 Å². The lowest BCUT2D eigenvalue weighted by atomic mass is 10.0. The molecule has 0 aliphatic heterocycles. The van der Waals surface area contributed by atoms with Crippen molar-refractivity contribution in [1.82, 2.24) is 10.3 Å². The topological polar surface area (TPSA) is 92.1 Å². The number of nitrogens with zero attached hydrogens (tertiary/aromatic N) is 2. The van der Waals surface area contributed by atoms with E-state index in [1.807, 2.05) is 13.0 Å². The summed E-state index contributed by atoms with van der Waals surface area (Å²) in [7, 11) is 1.33. The maximum atomic E-state index is 13.0. The molecule has 31 heavy (non-hydrogen) atoms. The maximum Gasteiger partial charge on any atom is 0.337 e. The third-order valence-corrected chi connectivity index (χ3v) is 5.00. The molecule has 7 heteroatoms. The summed E-state index contributed by atoms with van der Waals surface area (Å²) in [6.45, 7) is 1.85. The summed E-state index contributed by atoms with van der Waals surface area (Å²) in [4.78, 5) is 28.9. The van der Waals surface area contributed by atoms with Gasteiger partial charge >= 0.3 is 5.97 Å². The molecule has 0 aliphatic rings. The smallest absolute Gasteiger partial charge is 0.337 e. The Morgan fingerprint density at radius 1 is 1.19 bits per heavy atom. The minimum atomic E-state index is -0.418. The van der Waals surface area contributed by atoms with Gasteiger partial charge in [-0.3, -0.25) is 9.78 Å². The highest BCUT2D eigenvalue weighted by atomic mass is 35.5. The highest BCUT2D eigenvalue weighted by molar-refractivity contribution is 6.30. The molecule has 156 valence electrons. The quantitative estimate of drug-likeness (QED) is 0.579. The predicted molar refractivity (Wildman–Crippen MR) is 117 cm³/mol. The second-order valence-corrected chi connectivity index (χ2v) is 7.38. The van der Waals surface area contributed by atoms with Crippen LogP contribution >= 0.6 is 11.6 Å². The molecule has 1 amide bonds. The van der Waals surface area contributed by atoms with Gasteiger partial charge in [0.15, 0.2) is 0 Å². The molecule has 0 unspecified atom stereocenters. The summed E-state index contributed by atoms with van der Waals surface area (Å²) in [5.74, 6) is -0.732. The molecular formula is C24H20ClN3O3. The van der Waals surface area contributed by atoms with E-state index >= 15 is 0 Å². The average Bonchev–Trinajstić information content (AvgIpc) is 2.79. The molecule has 1 aromatic heterocycles. The molecule has 0 fully saturated rings. The zero-order valence-electron chi connectivity index (χ0n) is 17.1. The Hall–Kier alpha value is -3.69. The largest absolute Gasteiger partial charge is 0.465 e. The van der Waals surface area contributed by atoms with Crippen molar-refractivity contribution in [3.8, 4) is 6.07 Å². The molecule has 3 aromatic rings. The second-order valence-electron chi connectivity index (χ2n) is 6.95. The number of hydrogen-bond donors (Lipinski definition) is 1. The van der Waals surface area contributed by atoms with Crippen LogP contribution in [-0.2, 0) is 11.2 Å². The van der Waals surface area contributed by atoms with Gasteiger partial charge in [0.05, 0.1) is 46.6 Å². The van der Waals surface area contributed by atoms with Crippen molar-refractivity contribution in [1.29, 1.82) is 5.26 Å². The lowest BCUT2D eigenvalue weighted by Crippen LogP contribution is -2.28. The molecular weight excluding hydrogens is 414 g/mol. The van der Waals surface area contributed by atoms with Crippen molar-refractivity contribution < 1.29 is 14.3 Å². The lowest BCUT2D eigenvalue weighted by molar-refractivity contribution is 0.0600. The van der Waals surface area contributed by atoms with Gasteiger partial charge in [0.1, 0.15) is 0 Å². The Morgan fingerprint density at radius 3 is 2.61 bits per heavy atom. The van der Waals surface area contributed by atoms with Gasteiger partial charge in [0.2, 0.25) is 0 Å². The molecule has 1 heterocycles. The molecule has 0 spiro atoms. The third-order valence-electron chi connectivity index (χ3n) is 4.79. The fraction of sp³-hybridized carbons (Fsp3) is 0.167. The number of hydrogen-bond acceptors (Lipinski definition) is 5. The van der Waals surface area contributed by atoms with Crippen molar-refractivity contribution in [3.05, 3.63) is 99.3 Å². The van der Waals surface area contributed by atoms with Crippen LogP contribution in [-0.4, -0.2) is 24.0 Å². The van der Waals surface area contributed by atoms with Gasteiger partial charge in [-0.2, -0.15) is 5.26 Å². The van der Waals surface area contributed by atoms with Crippen LogP contribution in [0.15, 0.2) is 60.8 Å². The van der Waals surface area contributed by atoms with Gasteiger partial charge in [-0.1, -0.05) is 35.9 Å². The van der Waals surface area contributed by atoms with E-state index in [2.05, 4.69) is 16.4 Å². The minimum Gasteiger partial charge on any atom is -0.465 e. The van der Waals surface area contributed by atoms with Crippen LogP contribution in [0.1, 0.15) is 56.1 Å². The van der Waals surface area contributed by atoms with E-state index in [0.29, 0.717) is 33.8 Å². The van der Waals surface area contributed by atoms with E-state index in [1.165, 1.54) is 13.3 Å². The summed E-state index contributed by atoms with van der Waals surface area (Å²) < 4.78 is 4.70. The molecule has 0 saturated carbocycles. The van der Waals surface area contributed by atoms with E-state index in [0.717, 1.165) is 11.1 Å². The highest BCUT2D eigenvalue weighted by Crippen LogP contribution is 2.20. The molecule has 6 nitrogen and oxygen atoms in total. The first-order valence-electron chi connectivity index (χ1n) is 9.54. The Labute approximate surface area is 185 Å². The Balaban J connectivity index is 1.80. The van der Waals surface area contributed by atoms with Gasteiger partial charge < -0.3 is 10.1 Å². The fourth-order valence-electron chi connectivity index (χ4n) is 3.13. The number of esters is 1. The van der Waals surface area contributed by atoms with Gasteiger partial charge in [-0.05, 0) is 48.4 Å². The Bertz CT molecular complexity index is 1150. The van der Waals surface area contributed by atoms with Crippen molar-refractivity contribution in [2.75, 3.05) is 7.11 Å². The molecule has 1 atom stereocenters. The maximum absolute atomic E-state index is 13.0. The fourth-order valence-corrected chi connectivity index (χ4v) is 3.29. The van der Waals surface area contributed by atoms with Crippen LogP contribution in [0.2, 0.25) is 5.02 Å². The van der Waals surface area contributed by atoms with Crippen LogP contribution in [0, 0.1) is 11.3 Å². The van der Waals surface area contributed by atoms with Gasteiger partial charge in [0.25, 0.3) is 5.91 Å². The van der Waals surface area contributed by atoms with E-state index in [1.54, 1.807) is 48.5 Å². The average molecular weight is 434 g/mol. The highest BCUT2D eigenvalue weighted by Gasteiger charge is 2.17. The minimum absolute atomic E-state index is 0.312. The Morgan fingerprint density at radius 2 is 1.94 bits per heavy atom. The van der Waals surface area contributed by atoms with Gasteiger partial charge in [-0.15, -0.1) is 0 Å². The standard InChI is InChI=1S/C24H20ClN3O3/c1-15(18-6-8-19(9-7-18)24(30)31-2)28-23(29)21-12-20(25)14-27-22(21)11-16-4-3-5-17(10-16)13-26/h3-10,12,14-15H,11H2,1-2H3,(H,28,29)/t15-/m0/s1. The van der Waals surface area contributed by atoms with Crippen LogP contribution in [0.25, 0.3) is 0 Å². The van der Waals surface area contributed by atoms with E-state index in [9.17, 15) is 9.59 Å². The first-order valence-corrected chi connectivity index (χ1v) is 9.91. The van der Waals surface area contributed by atoms with Crippen molar-refractivity contribution in [2.24, 2.45) is 0 Å². The van der Waals surface area contributed by atoms with Crippen LogP contribution in [0.5, 0.6) is 0 Å². The van der Waals surface area contributed by atoms with Crippen molar-refractivity contribution in [3.63, 3.8) is 0 Å². The summed E-state index contributed by atoms with van der Waals surface area (Å²) >= 11 is 6.10. The number of carbonyl (C=O) groups is 2. The lowest BCUT2D eigenvalue weighted by Gasteiger charge is -2.16. The summed E-state index contributed by atoms with van der Waals surface area (Å²) in [6, 6.07) is 17.4. The number of rotatable bonds is 6. The van der Waals surface area contributed by atoms with Crippen molar-refractivity contribution in [2.45, 2.75) is 19.4 Å². The summed E-state index contributed by atoms with van der Waals surface area (Å²) in [5, 5.41) is 12.4. The first-order chi connectivity index (χ1) is 14.9. The number of halogens is 1. The summed E-state index contributed by atoms with van der Waals surface area (Å²) in [5.41, 5.74) is 3.61. The third kappa shape index (κ3) is 5.47. The molecule has 0 saturated heterocycles. The SMILES string of the molecule is COC(=O)c1ccc([C@H](C)NC(=O)c2cc(Cl)cnc2Cc2cccc(C#N)c2)cc1. The number of aromatic nitrogens is 1. The number of pyridine rings is 1. The van der Waals surface area contributed by atoms with Crippen molar-refractivity contribution >= 4 is 23.5 Å². The monoisotopic (exact) mass is 433 g/mol. The number of nitriles is 1. The zero-order valence-corrected chi connectivity index (χ0v) is 17.8. The number of benzene rings is 2.